The first-order valence-corrected chi connectivity index (χ1v) is 8.80. The number of aromatic nitrogens is 4. The van der Waals surface area contributed by atoms with Crippen LogP contribution in [0.2, 0.25) is 0 Å². The zero-order chi connectivity index (χ0) is 16.5. The van der Waals surface area contributed by atoms with Crippen LogP contribution in [0.25, 0.3) is 5.69 Å². The molecular weight excluding hydrogens is 320 g/mol. The number of benzene rings is 1. The molecule has 0 saturated carbocycles. The highest BCUT2D eigenvalue weighted by molar-refractivity contribution is 7.91. The van der Waals surface area contributed by atoms with Crippen molar-refractivity contribution in [2.24, 2.45) is 0 Å². The van der Waals surface area contributed by atoms with E-state index in [0.717, 1.165) is 5.69 Å². The number of hydrogen-bond donors (Lipinski definition) is 2. The van der Waals surface area contributed by atoms with Gasteiger partial charge in [-0.25, -0.2) is 17.9 Å². The van der Waals surface area contributed by atoms with Gasteiger partial charge in [0.05, 0.1) is 22.7 Å². The Morgan fingerprint density at radius 3 is 2.61 bits per heavy atom. The Bertz CT molecular complexity index is 803. The van der Waals surface area contributed by atoms with Crippen LogP contribution in [0.15, 0.2) is 30.6 Å². The van der Waals surface area contributed by atoms with Crippen molar-refractivity contribution in [3.8, 4) is 5.69 Å². The minimum atomic E-state index is -3.07. The molecule has 2 amide bonds. The molecule has 2 heterocycles. The van der Waals surface area contributed by atoms with E-state index < -0.39 is 21.4 Å². The molecule has 1 fully saturated rings. The van der Waals surface area contributed by atoms with E-state index in [4.69, 9.17) is 0 Å². The van der Waals surface area contributed by atoms with Gasteiger partial charge in [0.25, 0.3) is 0 Å². The average Bonchev–Trinajstić information content (AvgIpc) is 3.08. The van der Waals surface area contributed by atoms with Crippen molar-refractivity contribution >= 4 is 21.6 Å². The third kappa shape index (κ3) is 3.65. The number of amides is 2. The summed E-state index contributed by atoms with van der Waals surface area (Å²) in [6, 6.07) is 6.51. The van der Waals surface area contributed by atoms with Gasteiger partial charge in [-0.1, -0.05) is 0 Å². The first-order chi connectivity index (χ1) is 10.9. The SMILES string of the molecule is CC1(NC(=O)Nc2ccc(-n3cnnn3)cc2)CCS(=O)(=O)C1. The summed E-state index contributed by atoms with van der Waals surface area (Å²) in [5.74, 6) is 0.0656. The maximum absolute atomic E-state index is 12.0. The summed E-state index contributed by atoms with van der Waals surface area (Å²) >= 11 is 0. The van der Waals surface area contributed by atoms with E-state index in [1.54, 1.807) is 31.2 Å². The lowest BCUT2D eigenvalue weighted by molar-refractivity contribution is 0.242. The summed E-state index contributed by atoms with van der Waals surface area (Å²) in [6.45, 7) is 1.73. The molecular formula is C13H16N6O3S. The van der Waals surface area contributed by atoms with E-state index in [1.807, 2.05) is 0 Å². The molecule has 1 atom stereocenters. The van der Waals surface area contributed by atoms with Gasteiger partial charge in [-0.3, -0.25) is 0 Å². The fourth-order valence-corrected chi connectivity index (χ4v) is 4.62. The second kappa shape index (κ2) is 5.61. The molecule has 122 valence electrons. The van der Waals surface area contributed by atoms with Crippen LogP contribution in [0.3, 0.4) is 0 Å². The van der Waals surface area contributed by atoms with E-state index in [-0.39, 0.29) is 11.5 Å². The number of rotatable bonds is 3. The molecule has 1 saturated heterocycles. The molecule has 9 nitrogen and oxygen atoms in total. The molecule has 2 aromatic rings. The Hall–Kier alpha value is -2.49. The number of nitrogens with one attached hydrogen (secondary N) is 2. The molecule has 1 unspecified atom stereocenters. The molecule has 0 aliphatic carbocycles. The first-order valence-electron chi connectivity index (χ1n) is 6.98. The van der Waals surface area contributed by atoms with Gasteiger partial charge in [-0.05, 0) is 48.0 Å². The highest BCUT2D eigenvalue weighted by Gasteiger charge is 2.39. The summed E-state index contributed by atoms with van der Waals surface area (Å²) in [5.41, 5.74) is 0.619. The minimum absolute atomic E-state index is 0.0361. The lowest BCUT2D eigenvalue weighted by Gasteiger charge is -2.24. The van der Waals surface area contributed by atoms with Crippen LogP contribution in [0.4, 0.5) is 10.5 Å². The fourth-order valence-electron chi connectivity index (χ4n) is 2.52. The largest absolute Gasteiger partial charge is 0.332 e. The van der Waals surface area contributed by atoms with Crippen molar-refractivity contribution in [1.29, 1.82) is 0 Å². The highest BCUT2D eigenvalue weighted by Crippen LogP contribution is 2.23. The summed E-state index contributed by atoms with van der Waals surface area (Å²) in [7, 11) is -3.07. The fraction of sp³-hybridized carbons (Fsp3) is 0.385. The number of sulfone groups is 1. The van der Waals surface area contributed by atoms with Gasteiger partial charge in [-0.15, -0.1) is 5.10 Å². The van der Waals surface area contributed by atoms with Crippen molar-refractivity contribution < 1.29 is 13.2 Å². The summed E-state index contributed by atoms with van der Waals surface area (Å²) < 4.78 is 24.6. The number of nitrogens with zero attached hydrogens (tertiary/aromatic N) is 4. The van der Waals surface area contributed by atoms with Crippen molar-refractivity contribution in [3.05, 3.63) is 30.6 Å². The van der Waals surface area contributed by atoms with Gasteiger partial charge >= 0.3 is 6.03 Å². The molecule has 10 heteroatoms. The Morgan fingerprint density at radius 2 is 2.04 bits per heavy atom. The quantitative estimate of drug-likeness (QED) is 0.835. The number of carbonyl (C=O) groups is 1. The van der Waals surface area contributed by atoms with E-state index in [9.17, 15) is 13.2 Å². The second-order valence-corrected chi connectivity index (χ2v) is 7.97. The van der Waals surface area contributed by atoms with E-state index >= 15 is 0 Å². The predicted octanol–water partition coefficient (Wildman–Crippen LogP) is 0.361. The molecule has 1 aliphatic heterocycles. The predicted molar refractivity (Wildman–Crippen MR) is 83.0 cm³/mol. The van der Waals surface area contributed by atoms with Gasteiger partial charge in [0.15, 0.2) is 9.84 Å². The topological polar surface area (TPSA) is 119 Å². The molecule has 0 radical (unpaired) electrons. The van der Waals surface area contributed by atoms with Crippen LogP contribution in [0, 0.1) is 0 Å². The number of urea groups is 1. The molecule has 1 aliphatic rings. The Balaban J connectivity index is 1.62. The van der Waals surface area contributed by atoms with Crippen LogP contribution in [0.5, 0.6) is 0 Å². The first kappa shape index (κ1) is 15.4. The second-order valence-electron chi connectivity index (χ2n) is 5.78. The zero-order valence-corrected chi connectivity index (χ0v) is 13.2. The van der Waals surface area contributed by atoms with Crippen LogP contribution in [-0.2, 0) is 9.84 Å². The van der Waals surface area contributed by atoms with Gasteiger partial charge in [0.2, 0.25) is 0 Å². The standard InChI is InChI=1S/C13H16N6O3S/c1-13(6-7-23(21,22)8-13)16-12(20)15-10-2-4-11(5-3-10)19-9-14-17-18-19/h2-5,9H,6-8H2,1H3,(H2,15,16,20). The van der Waals surface area contributed by atoms with Gasteiger partial charge in [0.1, 0.15) is 6.33 Å². The number of carbonyl (C=O) groups excluding carboxylic acids is 1. The van der Waals surface area contributed by atoms with Crippen molar-refractivity contribution in [2.45, 2.75) is 18.9 Å². The third-order valence-electron chi connectivity index (χ3n) is 3.66. The highest BCUT2D eigenvalue weighted by atomic mass is 32.2. The maximum atomic E-state index is 12.0. The number of anilines is 1. The van der Waals surface area contributed by atoms with Crippen molar-refractivity contribution in [3.63, 3.8) is 0 Å². The molecule has 1 aromatic heterocycles. The van der Waals surface area contributed by atoms with Gasteiger partial charge in [0, 0.05) is 5.69 Å². The lowest BCUT2D eigenvalue weighted by atomic mass is 10.0. The number of hydrogen-bond acceptors (Lipinski definition) is 6. The van der Waals surface area contributed by atoms with Crippen molar-refractivity contribution in [1.82, 2.24) is 25.5 Å². The molecule has 23 heavy (non-hydrogen) atoms. The van der Waals surface area contributed by atoms with Gasteiger partial charge in [-0.2, -0.15) is 0 Å². The zero-order valence-electron chi connectivity index (χ0n) is 12.4. The monoisotopic (exact) mass is 336 g/mol. The van der Waals surface area contributed by atoms with Crippen molar-refractivity contribution in [2.75, 3.05) is 16.8 Å². The molecule has 0 spiro atoms. The molecule has 0 bridgehead atoms. The summed E-state index contributed by atoms with van der Waals surface area (Å²) in [5, 5.41) is 16.3. The molecule has 1 aromatic carbocycles. The summed E-state index contributed by atoms with van der Waals surface area (Å²) in [6.07, 6.45) is 1.89. The van der Waals surface area contributed by atoms with Crippen LogP contribution in [0.1, 0.15) is 13.3 Å². The molecule has 2 N–H and O–H groups in total. The van der Waals surface area contributed by atoms with E-state index in [0.29, 0.717) is 12.1 Å². The maximum Gasteiger partial charge on any atom is 0.319 e. The summed E-state index contributed by atoms with van der Waals surface area (Å²) in [4.78, 5) is 12.0. The van der Waals surface area contributed by atoms with Crippen LogP contribution >= 0.6 is 0 Å². The third-order valence-corrected chi connectivity index (χ3v) is 5.56. The minimum Gasteiger partial charge on any atom is -0.332 e. The van der Waals surface area contributed by atoms with Crippen LogP contribution in [-0.4, -0.2) is 51.7 Å². The van der Waals surface area contributed by atoms with Crippen LogP contribution < -0.4 is 10.6 Å². The Labute approximate surface area is 133 Å². The van der Waals surface area contributed by atoms with Gasteiger partial charge < -0.3 is 10.6 Å². The lowest BCUT2D eigenvalue weighted by Crippen LogP contribution is -2.48. The van der Waals surface area contributed by atoms with E-state index in [2.05, 4.69) is 26.2 Å². The Kier molecular flexibility index (Phi) is 3.76. The number of tetrazole rings is 1. The smallest absolute Gasteiger partial charge is 0.319 e. The average molecular weight is 336 g/mol. The Morgan fingerprint density at radius 1 is 1.30 bits per heavy atom. The normalized spacial score (nSPS) is 22.7. The molecule has 3 rings (SSSR count). The van der Waals surface area contributed by atoms with E-state index in [1.165, 1.54) is 11.0 Å².